The number of hydrazine groups is 1. The molecule has 0 aromatic carbocycles. The minimum absolute atomic E-state index is 0.0360. The van der Waals surface area contributed by atoms with Gasteiger partial charge in [0.1, 0.15) is 12.4 Å². The van der Waals surface area contributed by atoms with Crippen LogP contribution in [0.2, 0.25) is 0 Å². The fourth-order valence-electron chi connectivity index (χ4n) is 3.29. The van der Waals surface area contributed by atoms with E-state index in [0.29, 0.717) is 29.6 Å². The number of pyridine rings is 1. The molecule has 8 nitrogen and oxygen atoms in total. The number of ether oxygens (including phenoxy) is 2. The lowest BCUT2D eigenvalue weighted by atomic mass is 9.98. The molecule has 1 aromatic rings. The molecule has 1 aliphatic rings. The first kappa shape index (κ1) is 23.8. The summed E-state index contributed by atoms with van der Waals surface area (Å²) in [6, 6.07) is 3.66. The summed E-state index contributed by atoms with van der Waals surface area (Å²) in [5.74, 6) is 7.17. The third kappa shape index (κ3) is 7.40. The number of hydrogen-bond donors (Lipinski definition) is 2. The lowest BCUT2D eigenvalue weighted by molar-refractivity contribution is 0.112. The summed E-state index contributed by atoms with van der Waals surface area (Å²) < 4.78 is 11.4. The van der Waals surface area contributed by atoms with Crippen molar-refractivity contribution in [1.82, 2.24) is 14.9 Å². The van der Waals surface area contributed by atoms with Gasteiger partial charge >= 0.3 is 6.09 Å². The second kappa shape index (κ2) is 11.6. The van der Waals surface area contributed by atoms with Gasteiger partial charge in [0.05, 0.1) is 29.4 Å². The molecule has 1 aliphatic carbocycles. The van der Waals surface area contributed by atoms with E-state index >= 15 is 0 Å². The molecule has 1 amide bonds. The molecule has 1 heterocycles. The van der Waals surface area contributed by atoms with Gasteiger partial charge in [-0.15, -0.1) is 0 Å². The van der Waals surface area contributed by atoms with E-state index in [2.05, 4.69) is 18.8 Å². The highest BCUT2D eigenvalue weighted by Gasteiger charge is 2.17. The molecule has 1 saturated carbocycles. The highest BCUT2D eigenvalue weighted by Crippen LogP contribution is 2.24. The number of carbonyl (C=O) groups is 1. The lowest BCUT2D eigenvalue weighted by Gasteiger charge is -2.23. The minimum atomic E-state index is -0.410. The van der Waals surface area contributed by atoms with E-state index in [0.717, 1.165) is 25.0 Å². The van der Waals surface area contributed by atoms with Gasteiger partial charge in [-0.25, -0.2) is 10.6 Å². The summed E-state index contributed by atoms with van der Waals surface area (Å²) in [4.78, 5) is 18.2. The molecule has 0 spiro atoms. The van der Waals surface area contributed by atoms with E-state index in [1.165, 1.54) is 24.3 Å². The SMILES string of the molecule is CC(C)CCN(C)C(=O)OC/C(=C(/N)c1ccc(OC2CCCCC2)cn1)N(C)N. The Morgan fingerprint density at radius 2 is 1.93 bits per heavy atom. The predicted molar refractivity (Wildman–Crippen MR) is 118 cm³/mol. The van der Waals surface area contributed by atoms with Gasteiger partial charge in [0.15, 0.2) is 0 Å². The number of rotatable bonds is 9. The van der Waals surface area contributed by atoms with E-state index in [1.54, 1.807) is 31.3 Å². The maximum Gasteiger partial charge on any atom is 0.409 e. The van der Waals surface area contributed by atoms with Crippen LogP contribution in [0.3, 0.4) is 0 Å². The van der Waals surface area contributed by atoms with Crippen LogP contribution in [-0.4, -0.2) is 54.3 Å². The van der Waals surface area contributed by atoms with Crippen LogP contribution in [0.1, 0.15) is 58.1 Å². The Hall–Kier alpha value is -2.48. The third-order valence-corrected chi connectivity index (χ3v) is 5.29. The maximum absolute atomic E-state index is 12.2. The first-order chi connectivity index (χ1) is 14.3. The number of carbonyl (C=O) groups excluding carboxylic acids is 1. The quantitative estimate of drug-likeness (QED) is 0.467. The van der Waals surface area contributed by atoms with Crippen molar-refractivity contribution in [3.8, 4) is 5.75 Å². The summed E-state index contributed by atoms with van der Waals surface area (Å²) in [6.07, 6.45) is 8.32. The summed E-state index contributed by atoms with van der Waals surface area (Å²) >= 11 is 0. The second-order valence-corrected chi connectivity index (χ2v) is 8.39. The van der Waals surface area contributed by atoms with Crippen LogP contribution >= 0.6 is 0 Å². The van der Waals surface area contributed by atoms with Crippen molar-refractivity contribution in [2.45, 2.75) is 58.5 Å². The molecule has 30 heavy (non-hydrogen) atoms. The average Bonchev–Trinajstić information content (AvgIpc) is 2.72. The van der Waals surface area contributed by atoms with Crippen molar-refractivity contribution in [2.75, 3.05) is 27.2 Å². The Balaban J connectivity index is 2.00. The van der Waals surface area contributed by atoms with E-state index in [9.17, 15) is 4.79 Å². The Kier molecular flexibility index (Phi) is 9.23. The molecule has 1 aromatic heterocycles. The van der Waals surface area contributed by atoms with Crippen LogP contribution in [0.15, 0.2) is 24.0 Å². The molecular formula is C22H37N5O3. The van der Waals surface area contributed by atoms with Crippen molar-refractivity contribution in [3.63, 3.8) is 0 Å². The maximum atomic E-state index is 12.2. The molecule has 4 N–H and O–H groups in total. The van der Waals surface area contributed by atoms with Crippen molar-refractivity contribution >= 4 is 11.8 Å². The van der Waals surface area contributed by atoms with E-state index < -0.39 is 6.09 Å². The Bertz CT molecular complexity index is 697. The highest BCUT2D eigenvalue weighted by atomic mass is 16.6. The number of likely N-dealkylation sites (N-methyl/N-ethyl adjacent to an activating group) is 1. The van der Waals surface area contributed by atoms with Crippen molar-refractivity contribution < 1.29 is 14.3 Å². The Morgan fingerprint density at radius 3 is 2.50 bits per heavy atom. The van der Waals surface area contributed by atoms with Crippen molar-refractivity contribution in [3.05, 3.63) is 29.7 Å². The van der Waals surface area contributed by atoms with Crippen molar-refractivity contribution in [2.24, 2.45) is 17.5 Å². The second-order valence-electron chi connectivity index (χ2n) is 8.39. The van der Waals surface area contributed by atoms with Gasteiger partial charge in [-0.1, -0.05) is 20.3 Å². The number of aromatic nitrogens is 1. The van der Waals surface area contributed by atoms with Gasteiger partial charge in [-0.05, 0) is 50.2 Å². The monoisotopic (exact) mass is 419 g/mol. The normalized spacial score (nSPS) is 15.5. The largest absolute Gasteiger partial charge is 0.489 e. The summed E-state index contributed by atoms with van der Waals surface area (Å²) in [5.41, 5.74) is 7.69. The van der Waals surface area contributed by atoms with Gasteiger partial charge in [-0.2, -0.15) is 0 Å². The van der Waals surface area contributed by atoms with Crippen LogP contribution in [0.5, 0.6) is 5.75 Å². The average molecular weight is 420 g/mol. The number of hydrogen-bond acceptors (Lipinski definition) is 7. The molecule has 0 atom stereocenters. The van der Waals surface area contributed by atoms with E-state index in [4.69, 9.17) is 21.1 Å². The summed E-state index contributed by atoms with van der Waals surface area (Å²) in [5, 5.41) is 1.35. The first-order valence-corrected chi connectivity index (χ1v) is 10.8. The molecule has 0 aliphatic heterocycles. The smallest absolute Gasteiger partial charge is 0.409 e. The first-order valence-electron chi connectivity index (χ1n) is 10.8. The lowest BCUT2D eigenvalue weighted by Crippen LogP contribution is -2.34. The fraction of sp³-hybridized carbons (Fsp3) is 0.636. The molecule has 0 bridgehead atoms. The van der Waals surface area contributed by atoms with Crippen molar-refractivity contribution in [1.29, 1.82) is 0 Å². The van der Waals surface area contributed by atoms with Crippen LogP contribution in [-0.2, 0) is 4.74 Å². The zero-order valence-electron chi connectivity index (χ0n) is 18.8. The molecule has 2 rings (SSSR count). The Labute approximate surface area is 180 Å². The Morgan fingerprint density at radius 1 is 1.23 bits per heavy atom. The van der Waals surface area contributed by atoms with Crippen LogP contribution in [0.4, 0.5) is 4.79 Å². The molecule has 168 valence electrons. The highest BCUT2D eigenvalue weighted by molar-refractivity contribution is 5.68. The van der Waals surface area contributed by atoms with E-state index in [-0.39, 0.29) is 12.7 Å². The van der Waals surface area contributed by atoms with Crippen LogP contribution in [0.25, 0.3) is 5.70 Å². The van der Waals surface area contributed by atoms with Crippen LogP contribution < -0.4 is 16.3 Å². The molecular weight excluding hydrogens is 382 g/mol. The topological polar surface area (TPSA) is 107 Å². The van der Waals surface area contributed by atoms with Gasteiger partial charge < -0.3 is 25.1 Å². The van der Waals surface area contributed by atoms with E-state index in [1.807, 2.05) is 6.07 Å². The number of amides is 1. The zero-order valence-corrected chi connectivity index (χ0v) is 18.8. The fourth-order valence-corrected chi connectivity index (χ4v) is 3.29. The summed E-state index contributed by atoms with van der Waals surface area (Å²) in [7, 11) is 3.37. The molecule has 1 fully saturated rings. The predicted octanol–water partition coefficient (Wildman–Crippen LogP) is 3.34. The molecule has 0 saturated heterocycles. The molecule has 0 unspecified atom stereocenters. The number of nitrogens with two attached hydrogens (primary N) is 2. The minimum Gasteiger partial charge on any atom is -0.489 e. The van der Waals surface area contributed by atoms with Crippen LogP contribution in [0, 0.1) is 5.92 Å². The third-order valence-electron chi connectivity index (χ3n) is 5.29. The van der Waals surface area contributed by atoms with Gasteiger partial charge in [0.2, 0.25) is 0 Å². The van der Waals surface area contributed by atoms with Gasteiger partial charge in [-0.3, -0.25) is 4.98 Å². The number of nitrogens with zero attached hydrogens (tertiary/aromatic N) is 3. The molecule has 0 radical (unpaired) electrons. The molecule has 8 heteroatoms. The van der Waals surface area contributed by atoms with Gasteiger partial charge in [0.25, 0.3) is 0 Å². The zero-order chi connectivity index (χ0) is 22.1. The summed E-state index contributed by atoms with van der Waals surface area (Å²) in [6.45, 7) is 4.82. The van der Waals surface area contributed by atoms with Gasteiger partial charge in [0, 0.05) is 20.6 Å². The standard InChI is InChI=1S/C22H37N5O3/c1-16(2)12-13-26(3)22(28)29-15-20(27(4)24)21(23)19-11-10-18(14-25-19)30-17-8-6-5-7-9-17/h10-11,14,16-17H,5-9,12-13,15,23-24H2,1-4H3/b21-20-.